The summed E-state index contributed by atoms with van der Waals surface area (Å²) in [6.07, 6.45) is 0.855. The van der Waals surface area contributed by atoms with Crippen molar-refractivity contribution in [1.82, 2.24) is 5.32 Å². The lowest BCUT2D eigenvalue weighted by Crippen LogP contribution is -2.17. The summed E-state index contributed by atoms with van der Waals surface area (Å²) in [5.74, 6) is 0.687. The highest BCUT2D eigenvalue weighted by Gasteiger charge is 2.06. The second-order valence-electron chi connectivity index (χ2n) is 6.52. The number of halogens is 2. The van der Waals surface area contributed by atoms with Gasteiger partial charge in [-0.2, -0.15) is 0 Å². The summed E-state index contributed by atoms with van der Waals surface area (Å²) in [5, 5.41) is 3.45. The van der Waals surface area contributed by atoms with Crippen molar-refractivity contribution in [3.05, 3.63) is 99.3 Å². The van der Waals surface area contributed by atoms with E-state index in [0.717, 1.165) is 34.3 Å². The quantitative estimate of drug-likeness (QED) is 0.458. The maximum Gasteiger partial charge on any atom is 0.124 e. The number of rotatable bonds is 8. The van der Waals surface area contributed by atoms with Crippen molar-refractivity contribution in [3.8, 4) is 5.75 Å². The molecule has 0 unspecified atom stereocenters. The third-order valence-electron chi connectivity index (χ3n) is 4.49. The zero-order chi connectivity index (χ0) is 19.1. The minimum atomic E-state index is -0.198. The summed E-state index contributed by atoms with van der Waals surface area (Å²) in [6, 6.07) is 21.0. The Kier molecular flexibility index (Phi) is 7.02. The van der Waals surface area contributed by atoms with Crippen molar-refractivity contribution >= 4 is 15.9 Å². The smallest absolute Gasteiger partial charge is 0.124 e. The van der Waals surface area contributed by atoms with E-state index in [0.29, 0.717) is 13.2 Å². The zero-order valence-corrected chi connectivity index (χ0v) is 16.9. The van der Waals surface area contributed by atoms with Gasteiger partial charge in [0.05, 0.1) is 0 Å². The molecule has 0 saturated carbocycles. The molecule has 0 saturated heterocycles. The Morgan fingerprint density at radius 3 is 2.52 bits per heavy atom. The van der Waals surface area contributed by atoms with Crippen molar-refractivity contribution < 1.29 is 9.13 Å². The van der Waals surface area contributed by atoms with E-state index >= 15 is 0 Å². The third-order valence-corrected chi connectivity index (χ3v) is 4.98. The molecule has 0 aliphatic rings. The van der Waals surface area contributed by atoms with E-state index in [-0.39, 0.29) is 5.82 Å². The van der Waals surface area contributed by atoms with Crippen LogP contribution in [0.2, 0.25) is 0 Å². The topological polar surface area (TPSA) is 21.3 Å². The first-order valence-electron chi connectivity index (χ1n) is 9.03. The van der Waals surface area contributed by atoms with E-state index in [9.17, 15) is 4.39 Å². The molecule has 2 nitrogen and oxygen atoms in total. The van der Waals surface area contributed by atoms with E-state index in [4.69, 9.17) is 4.74 Å². The molecule has 0 spiro atoms. The van der Waals surface area contributed by atoms with Crippen LogP contribution in [0.5, 0.6) is 5.75 Å². The molecule has 140 valence electrons. The summed E-state index contributed by atoms with van der Waals surface area (Å²) in [7, 11) is 0. The van der Waals surface area contributed by atoms with Gasteiger partial charge in [0.2, 0.25) is 0 Å². The lowest BCUT2D eigenvalue weighted by molar-refractivity contribution is 0.301. The Balaban J connectivity index is 1.57. The molecule has 0 atom stereocenters. The van der Waals surface area contributed by atoms with Crippen LogP contribution in [-0.2, 0) is 19.6 Å². The number of nitrogens with one attached hydrogen (secondary N) is 1. The van der Waals surface area contributed by atoms with E-state index in [2.05, 4.69) is 46.4 Å². The van der Waals surface area contributed by atoms with Crippen molar-refractivity contribution in [3.63, 3.8) is 0 Å². The minimum Gasteiger partial charge on any atom is -0.489 e. The van der Waals surface area contributed by atoms with E-state index in [1.165, 1.54) is 23.3 Å². The molecule has 0 aliphatic heterocycles. The highest BCUT2D eigenvalue weighted by molar-refractivity contribution is 9.10. The van der Waals surface area contributed by atoms with Crippen molar-refractivity contribution in [2.24, 2.45) is 0 Å². The maximum absolute atomic E-state index is 13.0. The van der Waals surface area contributed by atoms with Crippen LogP contribution >= 0.6 is 15.9 Å². The Labute approximate surface area is 168 Å². The van der Waals surface area contributed by atoms with Crippen molar-refractivity contribution in [2.45, 2.75) is 26.5 Å². The Bertz CT molecular complexity index is 880. The summed E-state index contributed by atoms with van der Waals surface area (Å²) in [5.41, 5.74) is 4.65. The van der Waals surface area contributed by atoms with Crippen LogP contribution < -0.4 is 10.1 Å². The SMILES string of the molecule is Cc1ccccc1COc1ccc(Br)cc1CNCCc1ccc(F)cc1. The van der Waals surface area contributed by atoms with Crippen molar-refractivity contribution in [1.29, 1.82) is 0 Å². The molecular formula is C23H23BrFNO. The number of benzene rings is 3. The van der Waals surface area contributed by atoms with Gasteiger partial charge in [-0.25, -0.2) is 4.39 Å². The van der Waals surface area contributed by atoms with E-state index < -0.39 is 0 Å². The minimum absolute atomic E-state index is 0.198. The van der Waals surface area contributed by atoms with Gasteiger partial charge in [0, 0.05) is 16.6 Å². The molecule has 1 N–H and O–H groups in total. The highest BCUT2D eigenvalue weighted by Crippen LogP contribution is 2.24. The van der Waals surface area contributed by atoms with Gasteiger partial charge >= 0.3 is 0 Å². The fourth-order valence-electron chi connectivity index (χ4n) is 2.86. The maximum atomic E-state index is 13.0. The number of hydrogen-bond acceptors (Lipinski definition) is 2. The largest absolute Gasteiger partial charge is 0.489 e. The lowest BCUT2D eigenvalue weighted by Gasteiger charge is -2.14. The predicted octanol–water partition coefficient (Wildman–Crippen LogP) is 5.81. The standard InChI is InChI=1S/C23H23BrFNO/c1-17-4-2-3-5-19(17)16-27-23-11-8-21(24)14-20(23)15-26-13-12-18-6-9-22(25)10-7-18/h2-11,14,26H,12-13,15-16H2,1H3. The fourth-order valence-corrected chi connectivity index (χ4v) is 3.27. The van der Waals surface area contributed by atoms with Gasteiger partial charge in [-0.3, -0.25) is 0 Å². The van der Waals surface area contributed by atoms with Gasteiger partial charge < -0.3 is 10.1 Å². The van der Waals surface area contributed by atoms with Crippen LogP contribution in [0.4, 0.5) is 4.39 Å². The molecule has 0 amide bonds. The average Bonchev–Trinajstić information content (AvgIpc) is 2.67. The second kappa shape index (κ2) is 9.67. The summed E-state index contributed by atoms with van der Waals surface area (Å²) in [4.78, 5) is 0. The first-order valence-corrected chi connectivity index (χ1v) is 9.82. The van der Waals surface area contributed by atoms with Gasteiger partial charge in [0.25, 0.3) is 0 Å². The van der Waals surface area contributed by atoms with Crippen LogP contribution in [0.3, 0.4) is 0 Å². The summed E-state index contributed by atoms with van der Waals surface area (Å²) in [6.45, 7) is 4.17. The molecule has 4 heteroatoms. The van der Waals surface area contributed by atoms with Crippen LogP contribution in [-0.4, -0.2) is 6.54 Å². The number of hydrogen-bond donors (Lipinski definition) is 1. The van der Waals surface area contributed by atoms with Gasteiger partial charge in [-0.05, 0) is 66.9 Å². The molecule has 27 heavy (non-hydrogen) atoms. The van der Waals surface area contributed by atoms with Crippen LogP contribution in [0, 0.1) is 12.7 Å². The monoisotopic (exact) mass is 427 g/mol. The van der Waals surface area contributed by atoms with Gasteiger partial charge in [0.15, 0.2) is 0 Å². The van der Waals surface area contributed by atoms with Crippen LogP contribution in [0.25, 0.3) is 0 Å². The summed E-state index contributed by atoms with van der Waals surface area (Å²) < 4.78 is 20.1. The third kappa shape index (κ3) is 5.91. The Morgan fingerprint density at radius 1 is 0.963 bits per heavy atom. The number of aryl methyl sites for hydroxylation is 1. The highest BCUT2D eigenvalue weighted by atomic mass is 79.9. The van der Waals surface area contributed by atoms with E-state index in [1.54, 1.807) is 0 Å². The summed E-state index contributed by atoms with van der Waals surface area (Å²) >= 11 is 3.54. The molecule has 0 bridgehead atoms. The fraction of sp³-hybridized carbons (Fsp3) is 0.217. The predicted molar refractivity (Wildman–Crippen MR) is 111 cm³/mol. The Hall–Kier alpha value is -2.17. The first-order chi connectivity index (χ1) is 13.1. The molecule has 3 aromatic carbocycles. The van der Waals surface area contributed by atoms with Gasteiger partial charge in [-0.1, -0.05) is 52.3 Å². The van der Waals surface area contributed by atoms with Crippen LogP contribution in [0.1, 0.15) is 22.3 Å². The van der Waals surface area contributed by atoms with Gasteiger partial charge in [-0.15, -0.1) is 0 Å². The lowest BCUT2D eigenvalue weighted by atomic mass is 10.1. The van der Waals surface area contributed by atoms with E-state index in [1.807, 2.05) is 36.4 Å². The normalized spacial score (nSPS) is 10.8. The Morgan fingerprint density at radius 2 is 1.74 bits per heavy atom. The molecule has 0 heterocycles. The average molecular weight is 428 g/mol. The molecular weight excluding hydrogens is 405 g/mol. The second-order valence-corrected chi connectivity index (χ2v) is 7.44. The molecule has 3 rings (SSSR count). The molecule has 0 radical (unpaired) electrons. The molecule has 0 aliphatic carbocycles. The zero-order valence-electron chi connectivity index (χ0n) is 15.3. The van der Waals surface area contributed by atoms with Gasteiger partial charge in [0.1, 0.15) is 18.2 Å². The molecule has 0 aromatic heterocycles. The van der Waals surface area contributed by atoms with Crippen LogP contribution in [0.15, 0.2) is 71.2 Å². The first kappa shape index (κ1) is 19.6. The molecule has 0 fully saturated rings. The number of ether oxygens (including phenoxy) is 1. The van der Waals surface area contributed by atoms with Crippen molar-refractivity contribution in [2.75, 3.05) is 6.54 Å². The molecule has 3 aromatic rings.